The summed E-state index contributed by atoms with van der Waals surface area (Å²) in [6, 6.07) is 4.03. The topological polar surface area (TPSA) is 58.4 Å². The molecule has 3 N–H and O–H groups in total. The fraction of sp³-hybridized carbons (Fsp3) is 0.667. The van der Waals surface area contributed by atoms with Gasteiger partial charge in [0.1, 0.15) is 0 Å². The molecule has 0 aliphatic heterocycles. The molecule has 1 amide bonds. The maximum absolute atomic E-state index is 12.0. The van der Waals surface area contributed by atoms with Crippen molar-refractivity contribution in [1.29, 1.82) is 0 Å². The Morgan fingerprint density at radius 1 is 1.50 bits per heavy atom. The average molecular weight is 297 g/mol. The molecule has 0 aliphatic rings. The molecule has 1 aromatic heterocycles. The molecule has 0 spiro atoms. The van der Waals surface area contributed by atoms with Gasteiger partial charge < -0.3 is 11.1 Å². The van der Waals surface area contributed by atoms with E-state index < -0.39 is 0 Å². The van der Waals surface area contributed by atoms with Crippen molar-refractivity contribution in [2.24, 2.45) is 11.1 Å². The predicted octanol–water partition coefficient (Wildman–Crippen LogP) is 2.06. The van der Waals surface area contributed by atoms with E-state index in [-0.39, 0.29) is 11.3 Å². The quantitative estimate of drug-likeness (QED) is 0.733. The van der Waals surface area contributed by atoms with Crippen LogP contribution in [-0.2, 0) is 11.3 Å². The van der Waals surface area contributed by atoms with E-state index in [4.69, 9.17) is 5.73 Å². The summed E-state index contributed by atoms with van der Waals surface area (Å²) in [6.07, 6.45) is 1.04. The van der Waals surface area contributed by atoms with Crippen LogP contribution in [0.2, 0.25) is 0 Å². The fourth-order valence-electron chi connectivity index (χ4n) is 2.06. The van der Waals surface area contributed by atoms with E-state index in [2.05, 4.69) is 31.0 Å². The number of hydrogen-bond donors (Lipinski definition) is 2. The second kappa shape index (κ2) is 8.39. The summed E-state index contributed by atoms with van der Waals surface area (Å²) in [5, 5.41) is 5.00. The lowest BCUT2D eigenvalue weighted by molar-refractivity contribution is -0.122. The lowest BCUT2D eigenvalue weighted by atomic mass is 9.93. The minimum Gasteiger partial charge on any atom is -0.350 e. The first kappa shape index (κ1) is 17.1. The lowest BCUT2D eigenvalue weighted by Gasteiger charge is -2.31. The number of hydrogen-bond acceptors (Lipinski definition) is 4. The van der Waals surface area contributed by atoms with E-state index in [1.54, 1.807) is 11.3 Å². The Labute approximate surface area is 126 Å². The number of rotatable bonds is 9. The molecule has 4 nitrogen and oxygen atoms in total. The molecule has 20 heavy (non-hydrogen) atoms. The zero-order valence-corrected chi connectivity index (χ0v) is 13.6. The third kappa shape index (κ3) is 6.50. The Bertz CT molecular complexity index is 390. The molecule has 0 fully saturated rings. The van der Waals surface area contributed by atoms with Crippen molar-refractivity contribution >= 4 is 17.2 Å². The molecule has 0 saturated carbocycles. The normalized spacial score (nSPS) is 11.8. The second-order valence-electron chi connectivity index (χ2n) is 5.94. The van der Waals surface area contributed by atoms with Crippen molar-refractivity contribution in [1.82, 2.24) is 10.2 Å². The minimum absolute atomic E-state index is 0.0448. The van der Waals surface area contributed by atoms with Gasteiger partial charge in [-0.05, 0) is 36.4 Å². The number of carbonyl (C=O) groups excluding carboxylic acids is 1. The number of amides is 1. The van der Waals surface area contributed by atoms with Crippen molar-refractivity contribution in [3.63, 3.8) is 0 Å². The summed E-state index contributed by atoms with van der Waals surface area (Å²) in [5.41, 5.74) is 5.82. The number of nitrogens with two attached hydrogens (primary N) is 1. The Balaban J connectivity index is 2.41. The van der Waals surface area contributed by atoms with Gasteiger partial charge in [-0.25, -0.2) is 0 Å². The van der Waals surface area contributed by atoms with Crippen molar-refractivity contribution in [2.75, 3.05) is 26.2 Å². The zero-order valence-electron chi connectivity index (χ0n) is 12.8. The molecule has 0 bridgehead atoms. The monoisotopic (exact) mass is 297 g/mol. The van der Waals surface area contributed by atoms with Crippen LogP contribution in [0, 0.1) is 5.41 Å². The first-order valence-electron chi connectivity index (χ1n) is 7.18. The van der Waals surface area contributed by atoms with Gasteiger partial charge in [-0.1, -0.05) is 26.8 Å². The van der Waals surface area contributed by atoms with Crippen molar-refractivity contribution < 1.29 is 4.79 Å². The predicted molar refractivity (Wildman–Crippen MR) is 85.7 cm³/mol. The van der Waals surface area contributed by atoms with Crippen molar-refractivity contribution in [2.45, 2.75) is 33.7 Å². The first-order valence-corrected chi connectivity index (χ1v) is 8.06. The summed E-state index contributed by atoms with van der Waals surface area (Å²) in [4.78, 5) is 15.4. The summed E-state index contributed by atoms with van der Waals surface area (Å²) < 4.78 is 0. The van der Waals surface area contributed by atoms with Gasteiger partial charge >= 0.3 is 0 Å². The SMILES string of the molecule is CCCN(CC(=O)NCc1cccs1)CC(C)(C)CN. The molecule has 0 radical (unpaired) electrons. The number of nitrogens with zero attached hydrogens (tertiary/aromatic N) is 1. The van der Waals surface area contributed by atoms with Crippen molar-refractivity contribution in [3.05, 3.63) is 22.4 Å². The Kier molecular flexibility index (Phi) is 7.19. The number of nitrogens with one attached hydrogen (secondary N) is 1. The molecule has 0 aliphatic carbocycles. The summed E-state index contributed by atoms with van der Waals surface area (Å²) in [6.45, 7) is 9.88. The van der Waals surface area contributed by atoms with Crippen molar-refractivity contribution in [3.8, 4) is 0 Å². The van der Waals surface area contributed by atoms with E-state index in [1.807, 2.05) is 17.5 Å². The van der Waals surface area contributed by atoms with Crippen LogP contribution in [0.3, 0.4) is 0 Å². The summed E-state index contributed by atoms with van der Waals surface area (Å²) in [5.74, 6) is 0.0830. The van der Waals surface area contributed by atoms with E-state index in [9.17, 15) is 4.79 Å². The lowest BCUT2D eigenvalue weighted by Crippen LogP contribution is -2.44. The summed E-state index contributed by atoms with van der Waals surface area (Å²) >= 11 is 1.66. The Morgan fingerprint density at radius 2 is 2.25 bits per heavy atom. The number of thiophene rings is 1. The van der Waals surface area contributed by atoms with Crippen LogP contribution in [0.25, 0.3) is 0 Å². The Hall–Kier alpha value is -0.910. The average Bonchev–Trinajstić information content (AvgIpc) is 2.89. The smallest absolute Gasteiger partial charge is 0.234 e. The van der Waals surface area contributed by atoms with Gasteiger partial charge in [0.05, 0.1) is 13.1 Å². The highest BCUT2D eigenvalue weighted by atomic mass is 32.1. The largest absolute Gasteiger partial charge is 0.350 e. The van der Waals surface area contributed by atoms with E-state index in [0.717, 1.165) is 19.5 Å². The van der Waals surface area contributed by atoms with Crippen LogP contribution in [0.5, 0.6) is 0 Å². The van der Waals surface area contributed by atoms with Gasteiger partial charge in [-0.2, -0.15) is 0 Å². The standard InChI is InChI=1S/C15H27N3OS/c1-4-7-18(12-15(2,3)11-16)10-14(19)17-9-13-6-5-8-20-13/h5-6,8H,4,7,9-12,16H2,1-3H3,(H,17,19). The van der Waals surface area contributed by atoms with E-state index in [1.165, 1.54) is 4.88 Å². The van der Waals surface area contributed by atoms with Crippen LogP contribution in [-0.4, -0.2) is 37.0 Å². The second-order valence-corrected chi connectivity index (χ2v) is 6.97. The van der Waals surface area contributed by atoms with Gasteiger partial charge in [-0.15, -0.1) is 11.3 Å². The fourth-order valence-corrected chi connectivity index (χ4v) is 2.70. The number of carbonyl (C=O) groups is 1. The Morgan fingerprint density at radius 3 is 2.80 bits per heavy atom. The molecule has 0 unspecified atom stereocenters. The molecule has 0 aromatic carbocycles. The van der Waals surface area contributed by atoms with Gasteiger partial charge in [0, 0.05) is 11.4 Å². The minimum atomic E-state index is 0.0448. The highest BCUT2D eigenvalue weighted by Crippen LogP contribution is 2.15. The van der Waals surface area contributed by atoms with Gasteiger partial charge in [-0.3, -0.25) is 9.69 Å². The third-order valence-corrected chi connectivity index (χ3v) is 4.03. The molecular weight excluding hydrogens is 270 g/mol. The molecule has 1 aromatic rings. The molecule has 114 valence electrons. The van der Waals surface area contributed by atoms with E-state index in [0.29, 0.717) is 19.6 Å². The van der Waals surface area contributed by atoms with Crippen LogP contribution in [0.4, 0.5) is 0 Å². The molecule has 0 saturated heterocycles. The van der Waals surface area contributed by atoms with Crippen LogP contribution in [0.1, 0.15) is 32.1 Å². The molecular formula is C15H27N3OS. The maximum Gasteiger partial charge on any atom is 0.234 e. The highest BCUT2D eigenvalue weighted by Gasteiger charge is 2.21. The van der Waals surface area contributed by atoms with Gasteiger partial charge in [0.2, 0.25) is 5.91 Å². The molecule has 1 heterocycles. The van der Waals surface area contributed by atoms with Crippen LogP contribution < -0.4 is 11.1 Å². The third-order valence-electron chi connectivity index (χ3n) is 3.15. The summed E-state index contributed by atoms with van der Waals surface area (Å²) in [7, 11) is 0. The zero-order chi connectivity index (χ0) is 15.0. The van der Waals surface area contributed by atoms with Crippen LogP contribution >= 0.6 is 11.3 Å². The van der Waals surface area contributed by atoms with E-state index >= 15 is 0 Å². The first-order chi connectivity index (χ1) is 9.46. The van der Waals surface area contributed by atoms with Crippen LogP contribution in [0.15, 0.2) is 17.5 Å². The maximum atomic E-state index is 12.0. The molecule has 0 atom stereocenters. The van der Waals surface area contributed by atoms with Gasteiger partial charge in [0.25, 0.3) is 0 Å². The molecule has 5 heteroatoms. The molecule has 1 rings (SSSR count). The highest BCUT2D eigenvalue weighted by molar-refractivity contribution is 7.09. The van der Waals surface area contributed by atoms with Gasteiger partial charge in [0.15, 0.2) is 0 Å².